The van der Waals surface area contributed by atoms with Gasteiger partial charge in [0, 0.05) is 19.0 Å². The van der Waals surface area contributed by atoms with E-state index in [1.54, 1.807) is 25.4 Å². The van der Waals surface area contributed by atoms with E-state index in [-0.39, 0.29) is 24.9 Å². The van der Waals surface area contributed by atoms with Gasteiger partial charge in [-0.15, -0.1) is 11.3 Å². The van der Waals surface area contributed by atoms with Gasteiger partial charge in [0.25, 0.3) is 5.91 Å². The molecule has 102 valence electrons. The first-order chi connectivity index (χ1) is 8.99. The van der Waals surface area contributed by atoms with Crippen LogP contribution in [0.2, 0.25) is 0 Å². The highest BCUT2D eigenvalue weighted by molar-refractivity contribution is 7.09. The molecule has 0 aromatic carbocycles. The molecule has 1 saturated heterocycles. The van der Waals surface area contributed by atoms with Crippen molar-refractivity contribution in [3.63, 3.8) is 0 Å². The lowest BCUT2D eigenvalue weighted by Crippen LogP contribution is -2.41. The smallest absolute Gasteiger partial charge is 0.327 e. The summed E-state index contributed by atoms with van der Waals surface area (Å²) in [4.78, 5) is 40.1. The Balaban J connectivity index is 1.93. The normalized spacial score (nSPS) is 15.3. The zero-order valence-electron chi connectivity index (χ0n) is 10.8. The highest BCUT2D eigenvalue weighted by Gasteiger charge is 2.35. The van der Waals surface area contributed by atoms with Crippen LogP contribution >= 0.6 is 11.3 Å². The van der Waals surface area contributed by atoms with Crippen molar-refractivity contribution in [1.29, 1.82) is 0 Å². The molecule has 2 heterocycles. The predicted octanol–water partition coefficient (Wildman–Crippen LogP) is 0.601. The molecule has 1 aliphatic heterocycles. The van der Waals surface area contributed by atoms with Crippen LogP contribution in [0.1, 0.15) is 4.88 Å². The molecule has 2 rings (SSSR count). The summed E-state index contributed by atoms with van der Waals surface area (Å²) in [5.41, 5.74) is 0. The molecule has 19 heavy (non-hydrogen) atoms. The molecule has 1 fully saturated rings. The molecule has 0 N–H and O–H groups in total. The minimum Gasteiger partial charge on any atom is -0.339 e. The van der Waals surface area contributed by atoms with Crippen molar-refractivity contribution in [3.05, 3.63) is 22.4 Å². The third kappa shape index (κ3) is 2.93. The summed E-state index contributed by atoms with van der Waals surface area (Å²) < 4.78 is 0. The number of likely N-dealkylation sites (N-methyl/N-ethyl adjacent to an activating group) is 2. The molecule has 1 aromatic heterocycles. The topological polar surface area (TPSA) is 60.9 Å². The molecule has 0 atom stereocenters. The monoisotopic (exact) mass is 281 g/mol. The Kier molecular flexibility index (Phi) is 3.84. The maximum absolute atomic E-state index is 12.0. The standard InChI is InChI=1S/C12H15N3O3S/c1-13(6-9-4-3-5-19-9)10(16)8-15-11(17)7-14(2)12(15)18/h3-5H,6-8H2,1-2H3. The fraction of sp³-hybridized carbons (Fsp3) is 0.417. The van der Waals surface area contributed by atoms with Crippen LogP contribution in [0.5, 0.6) is 0 Å². The summed E-state index contributed by atoms with van der Waals surface area (Å²) in [6.45, 7) is 0.340. The summed E-state index contributed by atoms with van der Waals surface area (Å²) in [5, 5.41) is 1.94. The number of hydrogen-bond acceptors (Lipinski definition) is 4. The molecule has 0 spiro atoms. The average Bonchev–Trinajstić information content (AvgIpc) is 2.94. The number of rotatable bonds is 4. The van der Waals surface area contributed by atoms with Crippen molar-refractivity contribution in [2.45, 2.75) is 6.54 Å². The lowest BCUT2D eigenvalue weighted by Gasteiger charge is -2.20. The zero-order valence-corrected chi connectivity index (χ0v) is 11.6. The van der Waals surface area contributed by atoms with Crippen LogP contribution in [0.3, 0.4) is 0 Å². The van der Waals surface area contributed by atoms with Gasteiger partial charge >= 0.3 is 6.03 Å². The Bertz CT molecular complexity index is 500. The first-order valence-electron chi connectivity index (χ1n) is 5.81. The highest BCUT2D eigenvalue weighted by atomic mass is 32.1. The van der Waals surface area contributed by atoms with Gasteiger partial charge in [-0.2, -0.15) is 0 Å². The second-order valence-corrected chi connectivity index (χ2v) is 5.48. The molecule has 0 aliphatic carbocycles. The Labute approximate surface area is 115 Å². The van der Waals surface area contributed by atoms with Gasteiger partial charge in [-0.05, 0) is 11.4 Å². The van der Waals surface area contributed by atoms with Crippen molar-refractivity contribution >= 4 is 29.2 Å². The van der Waals surface area contributed by atoms with E-state index in [9.17, 15) is 14.4 Å². The minimum atomic E-state index is -0.414. The van der Waals surface area contributed by atoms with Crippen LogP contribution in [0, 0.1) is 0 Å². The van der Waals surface area contributed by atoms with Crippen molar-refractivity contribution in [2.75, 3.05) is 27.2 Å². The SMILES string of the molecule is CN(Cc1cccs1)C(=O)CN1C(=O)CN(C)C1=O. The van der Waals surface area contributed by atoms with E-state index in [0.29, 0.717) is 6.54 Å². The third-order valence-corrected chi connectivity index (χ3v) is 3.78. The Morgan fingerprint density at radius 2 is 2.21 bits per heavy atom. The average molecular weight is 281 g/mol. The summed E-state index contributed by atoms with van der Waals surface area (Å²) in [5.74, 6) is -0.573. The van der Waals surface area contributed by atoms with Crippen LogP contribution in [0.4, 0.5) is 4.79 Å². The number of carbonyl (C=O) groups excluding carboxylic acids is 3. The maximum atomic E-state index is 12.0. The molecular weight excluding hydrogens is 266 g/mol. The quantitative estimate of drug-likeness (QED) is 0.759. The molecule has 0 bridgehead atoms. The van der Waals surface area contributed by atoms with Crippen LogP contribution < -0.4 is 0 Å². The summed E-state index contributed by atoms with van der Waals surface area (Å²) in [6, 6.07) is 3.44. The van der Waals surface area contributed by atoms with E-state index in [1.807, 2.05) is 17.5 Å². The van der Waals surface area contributed by atoms with Gasteiger partial charge in [-0.25, -0.2) is 4.79 Å². The van der Waals surface area contributed by atoms with Crippen molar-refractivity contribution in [3.8, 4) is 0 Å². The number of nitrogens with zero attached hydrogens (tertiary/aromatic N) is 3. The van der Waals surface area contributed by atoms with Crippen molar-refractivity contribution in [1.82, 2.24) is 14.7 Å². The van der Waals surface area contributed by atoms with E-state index >= 15 is 0 Å². The van der Waals surface area contributed by atoms with E-state index in [2.05, 4.69) is 0 Å². The second-order valence-electron chi connectivity index (χ2n) is 4.45. The predicted molar refractivity (Wildman–Crippen MR) is 70.5 cm³/mol. The lowest BCUT2D eigenvalue weighted by molar-refractivity contribution is -0.135. The first kappa shape index (κ1) is 13.5. The fourth-order valence-corrected chi connectivity index (χ4v) is 2.56. The van der Waals surface area contributed by atoms with Crippen molar-refractivity contribution in [2.24, 2.45) is 0 Å². The molecular formula is C12H15N3O3S. The van der Waals surface area contributed by atoms with Crippen molar-refractivity contribution < 1.29 is 14.4 Å². The maximum Gasteiger partial charge on any atom is 0.327 e. The van der Waals surface area contributed by atoms with Gasteiger partial charge < -0.3 is 9.80 Å². The molecule has 0 radical (unpaired) electrons. The van der Waals surface area contributed by atoms with Gasteiger partial charge in [0.05, 0.1) is 6.54 Å². The Morgan fingerprint density at radius 3 is 2.74 bits per heavy atom. The summed E-state index contributed by atoms with van der Waals surface area (Å²) >= 11 is 1.56. The van der Waals surface area contributed by atoms with Crippen LogP contribution in [0.25, 0.3) is 0 Å². The fourth-order valence-electron chi connectivity index (χ4n) is 1.80. The van der Waals surface area contributed by atoms with E-state index in [4.69, 9.17) is 0 Å². The Hall–Kier alpha value is -1.89. The van der Waals surface area contributed by atoms with Gasteiger partial charge in [0.2, 0.25) is 5.91 Å². The van der Waals surface area contributed by atoms with Crippen LogP contribution in [-0.2, 0) is 16.1 Å². The summed E-state index contributed by atoms with van der Waals surface area (Å²) in [6.07, 6.45) is 0. The molecule has 0 unspecified atom stereocenters. The number of imide groups is 1. The number of amides is 4. The van der Waals surface area contributed by atoms with E-state index in [0.717, 1.165) is 9.78 Å². The summed E-state index contributed by atoms with van der Waals surface area (Å²) in [7, 11) is 3.21. The highest BCUT2D eigenvalue weighted by Crippen LogP contribution is 2.12. The van der Waals surface area contributed by atoms with Crippen LogP contribution in [0.15, 0.2) is 17.5 Å². The minimum absolute atomic E-state index is 0.0424. The molecule has 1 aliphatic rings. The first-order valence-corrected chi connectivity index (χ1v) is 6.69. The zero-order chi connectivity index (χ0) is 14.0. The second kappa shape index (κ2) is 5.40. The number of urea groups is 1. The van der Waals surface area contributed by atoms with Gasteiger partial charge in [-0.3, -0.25) is 14.5 Å². The molecule has 6 nitrogen and oxygen atoms in total. The molecule has 0 saturated carbocycles. The van der Waals surface area contributed by atoms with Crippen LogP contribution in [-0.4, -0.2) is 59.7 Å². The molecule has 7 heteroatoms. The molecule has 1 aromatic rings. The lowest BCUT2D eigenvalue weighted by atomic mass is 10.4. The van der Waals surface area contributed by atoms with Gasteiger partial charge in [-0.1, -0.05) is 6.07 Å². The van der Waals surface area contributed by atoms with E-state index < -0.39 is 6.03 Å². The third-order valence-electron chi connectivity index (χ3n) is 2.92. The largest absolute Gasteiger partial charge is 0.339 e. The number of thiophene rings is 1. The number of carbonyl (C=O) groups is 3. The molecule has 4 amide bonds. The van der Waals surface area contributed by atoms with Gasteiger partial charge in [0.1, 0.15) is 13.1 Å². The Morgan fingerprint density at radius 1 is 1.47 bits per heavy atom. The number of hydrogen-bond donors (Lipinski definition) is 0. The van der Waals surface area contributed by atoms with E-state index in [1.165, 1.54) is 9.80 Å². The van der Waals surface area contributed by atoms with Gasteiger partial charge in [0.15, 0.2) is 0 Å².